The highest BCUT2D eigenvalue weighted by Crippen LogP contribution is 2.57. The predicted octanol–water partition coefficient (Wildman–Crippen LogP) is 17.9. The fourth-order valence-corrected chi connectivity index (χ4v) is 11.3. The normalized spacial score (nSPS) is 13.3. The van der Waals surface area contributed by atoms with E-state index in [-0.39, 0.29) is 5.41 Å². The standard InChI is InChI=1S/C63H42N2O2/c1-63(2)54-24-14-13-22-47(54)48-28-25-42(36-55(48)63)65(56-35-39-15-9-10-20-45(39)46-21-11-12-23-49(46)56)44-27-30-51-53-32-33-57-61-52(31-34-58(62(53)61)67-60(51)38-44)50-29-26-43(37-59(50)66-57)64(40-16-5-3-6-17-40)41-18-7-4-8-19-41/h3-38H,1-2H3. The van der Waals surface area contributed by atoms with Gasteiger partial charge < -0.3 is 19.3 Å². The Labute approximate surface area is 389 Å². The van der Waals surface area contributed by atoms with E-state index in [9.17, 15) is 0 Å². The van der Waals surface area contributed by atoms with Crippen molar-refractivity contribution in [2.75, 3.05) is 9.80 Å². The SMILES string of the molecule is CC1(C)c2ccccc2-c2ccc(N(c3ccc4c(c3)Oc3ccc5c6c(ccc-4c36)Oc3cc(N(c4ccccc4)c4ccccc4)ccc3-5)c3cc4ccccc4c4ccccc34)cc21. The summed E-state index contributed by atoms with van der Waals surface area (Å²) in [4.78, 5) is 4.70. The van der Waals surface area contributed by atoms with Gasteiger partial charge in [0.1, 0.15) is 23.0 Å². The first-order valence-corrected chi connectivity index (χ1v) is 23.1. The Morgan fingerprint density at radius 3 is 1.43 bits per heavy atom. The average Bonchev–Trinajstić information content (AvgIpc) is 3.60. The van der Waals surface area contributed by atoms with E-state index in [2.05, 4.69) is 242 Å². The third-order valence-corrected chi connectivity index (χ3v) is 14.4. The number of nitrogens with zero attached hydrogens (tertiary/aromatic N) is 2. The van der Waals surface area contributed by atoms with E-state index in [1.807, 2.05) is 0 Å². The molecule has 4 heteroatoms. The summed E-state index contributed by atoms with van der Waals surface area (Å²) < 4.78 is 13.9. The predicted molar refractivity (Wildman–Crippen MR) is 277 cm³/mol. The number of anilines is 6. The van der Waals surface area contributed by atoms with Gasteiger partial charge in [0.25, 0.3) is 0 Å². The maximum absolute atomic E-state index is 7.05. The lowest BCUT2D eigenvalue weighted by atomic mass is 9.82. The summed E-state index contributed by atoms with van der Waals surface area (Å²) in [5.41, 5.74) is 16.0. The molecule has 0 saturated heterocycles. The van der Waals surface area contributed by atoms with Crippen LogP contribution in [-0.2, 0) is 5.41 Å². The maximum atomic E-state index is 7.05. The third kappa shape index (κ3) is 5.60. The second kappa shape index (κ2) is 14.2. The van der Waals surface area contributed by atoms with Crippen LogP contribution in [0.4, 0.5) is 34.1 Å². The molecule has 11 aromatic carbocycles. The fraction of sp³-hybridized carbons (Fsp3) is 0.0476. The largest absolute Gasteiger partial charge is 0.456 e. The first kappa shape index (κ1) is 37.7. The smallest absolute Gasteiger partial charge is 0.137 e. The highest BCUT2D eigenvalue weighted by Gasteiger charge is 2.36. The molecule has 0 aromatic heterocycles. The van der Waals surface area contributed by atoms with E-state index >= 15 is 0 Å². The van der Waals surface area contributed by atoms with Crippen LogP contribution in [0.3, 0.4) is 0 Å². The minimum atomic E-state index is -0.155. The lowest BCUT2D eigenvalue weighted by Crippen LogP contribution is -2.16. The van der Waals surface area contributed by atoms with Gasteiger partial charge in [-0.3, -0.25) is 0 Å². The van der Waals surface area contributed by atoms with Crippen LogP contribution < -0.4 is 19.3 Å². The van der Waals surface area contributed by atoms with Crippen LogP contribution in [0.2, 0.25) is 0 Å². The summed E-state index contributed by atoms with van der Waals surface area (Å²) in [5, 5.41) is 6.99. The molecule has 0 unspecified atom stereocenters. The minimum Gasteiger partial charge on any atom is -0.456 e. The van der Waals surface area contributed by atoms with Gasteiger partial charge in [-0.25, -0.2) is 0 Å². The zero-order valence-corrected chi connectivity index (χ0v) is 37.0. The molecule has 1 aliphatic carbocycles. The van der Waals surface area contributed by atoms with Crippen LogP contribution in [0.25, 0.3) is 65.7 Å². The number of hydrogen-bond acceptors (Lipinski definition) is 4. The Bertz CT molecular complexity index is 3820. The quantitative estimate of drug-likeness (QED) is 0.156. The molecule has 0 saturated carbocycles. The van der Waals surface area contributed by atoms with Gasteiger partial charge in [0.05, 0.1) is 5.69 Å². The summed E-state index contributed by atoms with van der Waals surface area (Å²) >= 11 is 0. The molecule has 0 bridgehead atoms. The molecule has 0 fully saturated rings. The van der Waals surface area contributed by atoms with Crippen LogP contribution in [0.15, 0.2) is 218 Å². The van der Waals surface area contributed by atoms with Crippen LogP contribution in [0.1, 0.15) is 25.0 Å². The summed E-state index contributed by atoms with van der Waals surface area (Å²) in [5.74, 6) is 3.29. The fourth-order valence-electron chi connectivity index (χ4n) is 11.3. The maximum Gasteiger partial charge on any atom is 0.137 e. The van der Waals surface area contributed by atoms with Crippen molar-refractivity contribution in [1.82, 2.24) is 0 Å². The van der Waals surface area contributed by atoms with Gasteiger partial charge >= 0.3 is 0 Å². The lowest BCUT2D eigenvalue weighted by molar-refractivity contribution is 0.480. The van der Waals surface area contributed by atoms with E-state index in [4.69, 9.17) is 9.47 Å². The highest BCUT2D eigenvalue weighted by molar-refractivity contribution is 6.16. The van der Waals surface area contributed by atoms with Gasteiger partial charge in [0.2, 0.25) is 0 Å². The van der Waals surface area contributed by atoms with Gasteiger partial charge in [-0.2, -0.15) is 0 Å². The van der Waals surface area contributed by atoms with Crippen molar-refractivity contribution in [3.05, 3.63) is 230 Å². The van der Waals surface area contributed by atoms with E-state index in [1.165, 1.54) is 43.8 Å². The van der Waals surface area contributed by atoms with Crippen molar-refractivity contribution < 1.29 is 9.47 Å². The van der Waals surface area contributed by atoms with E-state index in [0.717, 1.165) is 90.1 Å². The summed E-state index contributed by atoms with van der Waals surface area (Å²) in [6, 6.07) is 78.7. The molecule has 4 nitrogen and oxygen atoms in total. The summed E-state index contributed by atoms with van der Waals surface area (Å²) in [6.07, 6.45) is 0. The second-order valence-corrected chi connectivity index (χ2v) is 18.4. The number of para-hydroxylation sites is 2. The van der Waals surface area contributed by atoms with Crippen LogP contribution in [-0.4, -0.2) is 0 Å². The van der Waals surface area contributed by atoms with Crippen LogP contribution in [0.5, 0.6) is 23.0 Å². The molecule has 2 heterocycles. The minimum absolute atomic E-state index is 0.155. The number of benzene rings is 11. The first-order chi connectivity index (χ1) is 33.0. The Balaban J connectivity index is 0.907. The molecule has 0 radical (unpaired) electrons. The Morgan fingerprint density at radius 1 is 0.313 bits per heavy atom. The average molecular weight is 859 g/mol. The number of hydrogen-bond donors (Lipinski definition) is 0. The van der Waals surface area contributed by atoms with E-state index in [1.54, 1.807) is 0 Å². The van der Waals surface area contributed by atoms with Gasteiger partial charge in [0.15, 0.2) is 0 Å². The zero-order valence-electron chi connectivity index (χ0n) is 37.0. The van der Waals surface area contributed by atoms with Crippen molar-refractivity contribution >= 4 is 66.4 Å². The van der Waals surface area contributed by atoms with Crippen molar-refractivity contribution in [2.24, 2.45) is 0 Å². The van der Waals surface area contributed by atoms with Crippen molar-refractivity contribution in [3.63, 3.8) is 0 Å². The molecule has 14 rings (SSSR count). The van der Waals surface area contributed by atoms with Gasteiger partial charge in [0, 0.05) is 73.3 Å². The topological polar surface area (TPSA) is 24.9 Å². The van der Waals surface area contributed by atoms with Gasteiger partial charge in [-0.1, -0.05) is 129 Å². The molecule has 0 spiro atoms. The Kier molecular flexibility index (Phi) is 8.00. The molecule has 11 aromatic rings. The number of ether oxygens (including phenoxy) is 2. The zero-order chi connectivity index (χ0) is 44.4. The van der Waals surface area contributed by atoms with Crippen molar-refractivity contribution in [1.29, 1.82) is 0 Å². The van der Waals surface area contributed by atoms with Crippen LogP contribution in [0, 0.1) is 0 Å². The molecule has 67 heavy (non-hydrogen) atoms. The number of rotatable bonds is 6. The molecular weight excluding hydrogens is 817 g/mol. The molecule has 0 atom stereocenters. The van der Waals surface area contributed by atoms with E-state index in [0.29, 0.717) is 0 Å². The van der Waals surface area contributed by atoms with Crippen molar-refractivity contribution in [2.45, 2.75) is 19.3 Å². The second-order valence-electron chi connectivity index (χ2n) is 18.4. The van der Waals surface area contributed by atoms with Gasteiger partial charge in [-0.15, -0.1) is 0 Å². The van der Waals surface area contributed by atoms with Crippen LogP contribution >= 0.6 is 0 Å². The molecule has 0 amide bonds. The monoisotopic (exact) mass is 858 g/mol. The molecule has 0 N–H and O–H groups in total. The van der Waals surface area contributed by atoms with Gasteiger partial charge in [-0.05, 0) is 141 Å². The first-order valence-electron chi connectivity index (χ1n) is 23.1. The molecule has 316 valence electrons. The highest BCUT2D eigenvalue weighted by atomic mass is 16.5. The number of fused-ring (bicyclic) bond motifs is 10. The van der Waals surface area contributed by atoms with Crippen molar-refractivity contribution in [3.8, 4) is 56.4 Å². The molecule has 3 aliphatic rings. The Hall–Kier alpha value is -8.60. The van der Waals surface area contributed by atoms with E-state index < -0.39 is 0 Å². The summed E-state index contributed by atoms with van der Waals surface area (Å²) in [6.45, 7) is 4.70. The third-order valence-electron chi connectivity index (χ3n) is 14.4. The molecular formula is C63H42N2O2. The summed E-state index contributed by atoms with van der Waals surface area (Å²) in [7, 11) is 0. The lowest BCUT2D eigenvalue weighted by Gasteiger charge is -2.31. The molecule has 2 aliphatic heterocycles. The Morgan fingerprint density at radius 2 is 0.791 bits per heavy atom.